The third-order valence-electron chi connectivity index (χ3n) is 4.70. The van der Waals surface area contributed by atoms with Gasteiger partial charge in [0.25, 0.3) is 0 Å². The molecule has 2 N–H and O–H groups in total. The zero-order valence-corrected chi connectivity index (χ0v) is 15.3. The van der Waals surface area contributed by atoms with Crippen LogP contribution >= 0.6 is 0 Å². The Hall–Kier alpha value is -3.29. The van der Waals surface area contributed by atoms with E-state index in [2.05, 4.69) is 17.0 Å². The Balaban J connectivity index is 0.00000192. The SMILES string of the molecule is O.c1ccc(-c2cc3nc(-c4ccccc4)nc(N4CCOCC4)n3n2)cc1. The van der Waals surface area contributed by atoms with Gasteiger partial charge in [-0.05, 0) is 0 Å². The first-order chi connectivity index (χ1) is 13.4. The molecule has 4 aromatic rings. The third kappa shape index (κ3) is 3.33. The Bertz CT molecular complexity index is 1060. The lowest BCUT2D eigenvalue weighted by molar-refractivity contribution is 0.122. The molecule has 1 aliphatic heterocycles. The van der Waals surface area contributed by atoms with E-state index in [1.54, 1.807) is 0 Å². The van der Waals surface area contributed by atoms with Crippen LogP contribution in [0.25, 0.3) is 28.3 Å². The van der Waals surface area contributed by atoms with Crippen molar-refractivity contribution in [2.75, 3.05) is 31.2 Å². The van der Waals surface area contributed by atoms with Crippen molar-refractivity contribution in [1.82, 2.24) is 19.6 Å². The lowest BCUT2D eigenvalue weighted by atomic mass is 10.2. The number of rotatable bonds is 3. The van der Waals surface area contributed by atoms with Gasteiger partial charge < -0.3 is 15.1 Å². The Kier molecular flexibility index (Phi) is 5.01. The molecule has 0 radical (unpaired) electrons. The van der Waals surface area contributed by atoms with Gasteiger partial charge in [0.1, 0.15) is 0 Å². The van der Waals surface area contributed by atoms with Gasteiger partial charge in [-0.2, -0.15) is 14.6 Å². The van der Waals surface area contributed by atoms with Gasteiger partial charge in [0, 0.05) is 30.3 Å². The van der Waals surface area contributed by atoms with Crippen LogP contribution in [0.3, 0.4) is 0 Å². The van der Waals surface area contributed by atoms with Crippen molar-refractivity contribution in [3.63, 3.8) is 0 Å². The standard InChI is InChI=1S/C21H19N5O.H2O/c1-3-7-16(8-4-1)18-15-19-22-20(17-9-5-2-6-10-17)23-21(26(19)24-18)25-11-13-27-14-12-25;/h1-10,15H,11-14H2;1H2. The van der Waals surface area contributed by atoms with Gasteiger partial charge in [0.2, 0.25) is 5.95 Å². The number of benzene rings is 2. The van der Waals surface area contributed by atoms with Crippen LogP contribution in [-0.2, 0) is 4.74 Å². The average Bonchev–Trinajstić information content (AvgIpc) is 3.19. The summed E-state index contributed by atoms with van der Waals surface area (Å²) in [6, 6.07) is 22.2. The molecule has 1 saturated heterocycles. The fraction of sp³-hybridized carbons (Fsp3) is 0.190. The predicted octanol–water partition coefficient (Wildman–Crippen LogP) is 2.47. The van der Waals surface area contributed by atoms with Crippen LogP contribution in [0.5, 0.6) is 0 Å². The van der Waals surface area contributed by atoms with Crippen molar-refractivity contribution >= 4 is 11.6 Å². The average molecular weight is 375 g/mol. The third-order valence-corrected chi connectivity index (χ3v) is 4.70. The first-order valence-corrected chi connectivity index (χ1v) is 9.10. The van der Waals surface area contributed by atoms with Crippen LogP contribution in [0.2, 0.25) is 0 Å². The number of anilines is 1. The summed E-state index contributed by atoms with van der Waals surface area (Å²) in [5.74, 6) is 1.52. The van der Waals surface area contributed by atoms with Crippen LogP contribution in [-0.4, -0.2) is 51.4 Å². The van der Waals surface area contributed by atoms with Gasteiger partial charge in [-0.25, -0.2) is 4.98 Å². The Morgan fingerprint density at radius 3 is 2.11 bits per heavy atom. The molecule has 0 atom stereocenters. The first kappa shape index (κ1) is 18.1. The number of fused-ring (bicyclic) bond motifs is 1. The van der Waals surface area contributed by atoms with Gasteiger partial charge in [0.15, 0.2) is 11.5 Å². The highest BCUT2D eigenvalue weighted by molar-refractivity contribution is 5.67. The van der Waals surface area contributed by atoms with Crippen molar-refractivity contribution < 1.29 is 10.2 Å². The van der Waals surface area contributed by atoms with Crippen molar-refractivity contribution in [3.05, 3.63) is 66.7 Å². The molecule has 28 heavy (non-hydrogen) atoms. The van der Waals surface area contributed by atoms with Crippen LogP contribution in [0, 0.1) is 0 Å². The molecular formula is C21H21N5O2. The largest absolute Gasteiger partial charge is 0.412 e. The van der Waals surface area contributed by atoms with E-state index in [0.29, 0.717) is 19.0 Å². The molecule has 7 heteroatoms. The Morgan fingerprint density at radius 1 is 0.786 bits per heavy atom. The summed E-state index contributed by atoms with van der Waals surface area (Å²) in [5, 5.41) is 4.80. The van der Waals surface area contributed by atoms with E-state index in [0.717, 1.165) is 41.5 Å². The maximum absolute atomic E-state index is 5.51. The van der Waals surface area contributed by atoms with Gasteiger partial charge in [-0.15, -0.1) is 0 Å². The summed E-state index contributed by atoms with van der Waals surface area (Å²) in [6.07, 6.45) is 0. The highest BCUT2D eigenvalue weighted by atomic mass is 16.5. The summed E-state index contributed by atoms with van der Waals surface area (Å²) in [5.41, 5.74) is 3.75. The summed E-state index contributed by atoms with van der Waals surface area (Å²) in [6.45, 7) is 2.97. The molecule has 7 nitrogen and oxygen atoms in total. The highest BCUT2D eigenvalue weighted by Crippen LogP contribution is 2.25. The highest BCUT2D eigenvalue weighted by Gasteiger charge is 2.20. The Labute approximate surface area is 162 Å². The number of ether oxygens (including phenoxy) is 1. The fourth-order valence-corrected chi connectivity index (χ4v) is 3.31. The topological polar surface area (TPSA) is 87.0 Å². The van der Waals surface area contributed by atoms with Gasteiger partial charge in [0.05, 0.1) is 18.9 Å². The minimum Gasteiger partial charge on any atom is -0.412 e. The van der Waals surface area contributed by atoms with Crippen molar-refractivity contribution in [2.45, 2.75) is 0 Å². The van der Waals surface area contributed by atoms with E-state index < -0.39 is 0 Å². The number of hydrogen-bond donors (Lipinski definition) is 0. The van der Waals surface area contributed by atoms with E-state index in [1.807, 2.05) is 59.1 Å². The molecule has 0 saturated carbocycles. The molecule has 0 bridgehead atoms. The summed E-state index contributed by atoms with van der Waals surface area (Å²) in [4.78, 5) is 11.9. The second kappa shape index (κ2) is 7.75. The number of morpholine rings is 1. The maximum Gasteiger partial charge on any atom is 0.230 e. The molecule has 0 spiro atoms. The zero-order chi connectivity index (χ0) is 18.1. The normalized spacial score (nSPS) is 14.1. The van der Waals surface area contributed by atoms with Gasteiger partial charge in [-0.3, -0.25) is 0 Å². The van der Waals surface area contributed by atoms with Crippen molar-refractivity contribution in [3.8, 4) is 22.6 Å². The van der Waals surface area contributed by atoms with Crippen LogP contribution in [0.15, 0.2) is 66.7 Å². The van der Waals surface area contributed by atoms with E-state index in [1.165, 1.54) is 0 Å². The minimum absolute atomic E-state index is 0. The summed E-state index contributed by atoms with van der Waals surface area (Å²) >= 11 is 0. The second-order valence-corrected chi connectivity index (χ2v) is 6.48. The number of aromatic nitrogens is 4. The molecule has 2 aromatic heterocycles. The molecule has 0 amide bonds. The summed E-state index contributed by atoms with van der Waals surface area (Å²) < 4.78 is 7.36. The lowest BCUT2D eigenvalue weighted by Gasteiger charge is -2.27. The van der Waals surface area contributed by atoms with Gasteiger partial charge >= 0.3 is 0 Å². The quantitative estimate of drug-likeness (QED) is 0.549. The van der Waals surface area contributed by atoms with E-state index in [4.69, 9.17) is 19.8 Å². The Morgan fingerprint density at radius 2 is 1.43 bits per heavy atom. The van der Waals surface area contributed by atoms with Gasteiger partial charge in [-0.1, -0.05) is 60.7 Å². The van der Waals surface area contributed by atoms with Crippen LogP contribution in [0.4, 0.5) is 5.95 Å². The monoisotopic (exact) mass is 375 g/mol. The molecule has 0 aliphatic carbocycles. The fourth-order valence-electron chi connectivity index (χ4n) is 3.31. The van der Waals surface area contributed by atoms with Crippen LogP contribution in [0.1, 0.15) is 0 Å². The number of nitrogens with zero attached hydrogens (tertiary/aromatic N) is 5. The molecule has 3 heterocycles. The molecular weight excluding hydrogens is 354 g/mol. The molecule has 1 fully saturated rings. The van der Waals surface area contributed by atoms with E-state index in [9.17, 15) is 0 Å². The molecule has 1 aliphatic rings. The molecule has 5 rings (SSSR count). The maximum atomic E-state index is 5.51. The predicted molar refractivity (Wildman–Crippen MR) is 108 cm³/mol. The van der Waals surface area contributed by atoms with Crippen LogP contribution < -0.4 is 4.90 Å². The molecule has 2 aromatic carbocycles. The summed E-state index contributed by atoms with van der Waals surface area (Å²) in [7, 11) is 0. The lowest BCUT2D eigenvalue weighted by Crippen LogP contribution is -2.38. The first-order valence-electron chi connectivity index (χ1n) is 9.10. The van der Waals surface area contributed by atoms with E-state index in [-0.39, 0.29) is 5.48 Å². The molecule has 0 unspecified atom stereocenters. The smallest absolute Gasteiger partial charge is 0.230 e. The second-order valence-electron chi connectivity index (χ2n) is 6.48. The van der Waals surface area contributed by atoms with Crippen molar-refractivity contribution in [1.29, 1.82) is 0 Å². The molecule has 142 valence electrons. The van der Waals surface area contributed by atoms with E-state index >= 15 is 0 Å². The van der Waals surface area contributed by atoms with Crippen molar-refractivity contribution in [2.24, 2.45) is 0 Å². The minimum atomic E-state index is 0. The number of hydrogen-bond acceptors (Lipinski definition) is 5. The zero-order valence-electron chi connectivity index (χ0n) is 15.3.